The van der Waals surface area contributed by atoms with Gasteiger partial charge in [-0.1, -0.05) is 38.1 Å². The first-order valence-corrected chi connectivity index (χ1v) is 4.60. The molecule has 1 unspecified atom stereocenters. The van der Waals surface area contributed by atoms with E-state index in [1.54, 1.807) is 12.1 Å². The Morgan fingerprint density at radius 1 is 1.21 bits per heavy atom. The molecule has 0 saturated carbocycles. The van der Waals surface area contributed by atoms with Crippen molar-refractivity contribution in [3.8, 4) is 0 Å². The molecule has 0 saturated heterocycles. The van der Waals surface area contributed by atoms with Crippen molar-refractivity contribution in [1.82, 2.24) is 0 Å². The second-order valence-electron chi connectivity index (χ2n) is 3.64. The number of rotatable bonds is 3. The number of hydrogen-bond donors (Lipinski definition) is 2. The standard InChI is InChI=1S/C11H15NO2/c1-7(2)8-3-5-9(6-4-8)10(12)11(13)14/h3-7,10H,12H2,1-2H3,(H,13,14). The summed E-state index contributed by atoms with van der Waals surface area (Å²) in [6, 6.07) is 6.46. The predicted molar refractivity (Wildman–Crippen MR) is 55.1 cm³/mol. The van der Waals surface area contributed by atoms with Gasteiger partial charge in [-0.3, -0.25) is 4.79 Å². The highest BCUT2D eigenvalue weighted by Crippen LogP contribution is 2.17. The number of carboxylic acids is 1. The Balaban J connectivity index is 2.88. The van der Waals surface area contributed by atoms with Crippen LogP contribution < -0.4 is 5.73 Å². The van der Waals surface area contributed by atoms with Gasteiger partial charge in [0.1, 0.15) is 6.04 Å². The highest BCUT2D eigenvalue weighted by Gasteiger charge is 2.13. The number of aliphatic carboxylic acids is 1. The molecule has 0 aliphatic carbocycles. The van der Waals surface area contributed by atoms with Crippen LogP contribution in [0.2, 0.25) is 0 Å². The van der Waals surface area contributed by atoms with Gasteiger partial charge in [0, 0.05) is 0 Å². The van der Waals surface area contributed by atoms with Crippen molar-refractivity contribution in [3.05, 3.63) is 35.4 Å². The maximum Gasteiger partial charge on any atom is 0.325 e. The largest absolute Gasteiger partial charge is 0.480 e. The first-order valence-electron chi connectivity index (χ1n) is 4.60. The Labute approximate surface area is 83.6 Å². The quantitative estimate of drug-likeness (QED) is 0.770. The van der Waals surface area contributed by atoms with E-state index in [4.69, 9.17) is 10.8 Å². The summed E-state index contributed by atoms with van der Waals surface area (Å²) < 4.78 is 0. The lowest BCUT2D eigenvalue weighted by Gasteiger charge is -2.09. The van der Waals surface area contributed by atoms with Gasteiger partial charge in [0.15, 0.2) is 0 Å². The predicted octanol–water partition coefficient (Wildman–Crippen LogP) is 1.89. The van der Waals surface area contributed by atoms with Crippen molar-refractivity contribution in [2.75, 3.05) is 0 Å². The Bertz CT molecular complexity index is 317. The van der Waals surface area contributed by atoms with Crippen molar-refractivity contribution >= 4 is 5.97 Å². The van der Waals surface area contributed by atoms with E-state index in [1.807, 2.05) is 12.1 Å². The Morgan fingerprint density at radius 2 is 1.64 bits per heavy atom. The maximum atomic E-state index is 10.6. The fraction of sp³-hybridized carbons (Fsp3) is 0.364. The number of benzene rings is 1. The fourth-order valence-electron chi connectivity index (χ4n) is 1.23. The molecule has 0 fully saturated rings. The van der Waals surface area contributed by atoms with E-state index in [0.29, 0.717) is 11.5 Å². The molecule has 0 aromatic heterocycles. The molecule has 0 radical (unpaired) electrons. The van der Waals surface area contributed by atoms with Gasteiger partial charge < -0.3 is 10.8 Å². The number of carbonyl (C=O) groups is 1. The van der Waals surface area contributed by atoms with Crippen LogP contribution in [-0.4, -0.2) is 11.1 Å². The van der Waals surface area contributed by atoms with Crippen molar-refractivity contribution in [3.63, 3.8) is 0 Å². The van der Waals surface area contributed by atoms with E-state index in [0.717, 1.165) is 0 Å². The second kappa shape index (κ2) is 4.24. The Morgan fingerprint density at radius 3 is 2.00 bits per heavy atom. The maximum absolute atomic E-state index is 10.6. The summed E-state index contributed by atoms with van der Waals surface area (Å²) in [5.74, 6) is -0.549. The third-order valence-electron chi connectivity index (χ3n) is 2.23. The van der Waals surface area contributed by atoms with Crippen LogP contribution in [0.4, 0.5) is 0 Å². The van der Waals surface area contributed by atoms with Crippen molar-refractivity contribution in [2.45, 2.75) is 25.8 Å². The molecule has 1 rings (SSSR count). The zero-order valence-corrected chi connectivity index (χ0v) is 8.40. The molecule has 3 heteroatoms. The normalized spacial score (nSPS) is 12.9. The number of hydrogen-bond acceptors (Lipinski definition) is 2. The highest BCUT2D eigenvalue weighted by atomic mass is 16.4. The van der Waals surface area contributed by atoms with Crippen molar-refractivity contribution in [1.29, 1.82) is 0 Å². The van der Waals surface area contributed by atoms with E-state index in [9.17, 15) is 4.79 Å². The molecule has 0 aliphatic heterocycles. The van der Waals surface area contributed by atoms with Crippen LogP contribution in [0.15, 0.2) is 24.3 Å². The van der Waals surface area contributed by atoms with Gasteiger partial charge in [-0.05, 0) is 17.0 Å². The smallest absolute Gasteiger partial charge is 0.325 e. The van der Waals surface area contributed by atoms with Gasteiger partial charge in [0.05, 0.1) is 0 Å². The molecule has 0 bridgehead atoms. The van der Waals surface area contributed by atoms with Crippen LogP contribution in [0, 0.1) is 0 Å². The molecule has 1 aromatic rings. The average Bonchev–Trinajstić information content (AvgIpc) is 2.16. The highest BCUT2D eigenvalue weighted by molar-refractivity contribution is 5.75. The molecule has 14 heavy (non-hydrogen) atoms. The molecule has 0 amide bonds. The lowest BCUT2D eigenvalue weighted by molar-refractivity contribution is -0.138. The van der Waals surface area contributed by atoms with E-state index in [2.05, 4.69) is 13.8 Å². The zero-order chi connectivity index (χ0) is 10.7. The minimum atomic E-state index is -0.998. The molecule has 3 N–H and O–H groups in total. The third-order valence-corrected chi connectivity index (χ3v) is 2.23. The minimum Gasteiger partial charge on any atom is -0.480 e. The minimum absolute atomic E-state index is 0.449. The molecule has 0 heterocycles. The summed E-state index contributed by atoms with van der Waals surface area (Å²) in [6.07, 6.45) is 0. The van der Waals surface area contributed by atoms with E-state index < -0.39 is 12.0 Å². The van der Waals surface area contributed by atoms with Crippen LogP contribution in [0.5, 0.6) is 0 Å². The molecule has 0 aliphatic rings. The van der Waals surface area contributed by atoms with E-state index >= 15 is 0 Å². The van der Waals surface area contributed by atoms with Crippen LogP contribution in [0.1, 0.15) is 36.9 Å². The summed E-state index contributed by atoms with van der Waals surface area (Å²) in [7, 11) is 0. The van der Waals surface area contributed by atoms with E-state index in [-0.39, 0.29) is 0 Å². The molecule has 0 spiro atoms. The summed E-state index contributed by atoms with van der Waals surface area (Å²) in [5, 5.41) is 8.69. The summed E-state index contributed by atoms with van der Waals surface area (Å²) >= 11 is 0. The van der Waals surface area contributed by atoms with Gasteiger partial charge in [0.25, 0.3) is 0 Å². The Kier molecular flexibility index (Phi) is 3.25. The molecule has 1 aromatic carbocycles. The molecular formula is C11H15NO2. The monoisotopic (exact) mass is 193 g/mol. The lowest BCUT2D eigenvalue weighted by Crippen LogP contribution is -2.20. The summed E-state index contributed by atoms with van der Waals surface area (Å²) in [5.41, 5.74) is 7.29. The topological polar surface area (TPSA) is 63.3 Å². The van der Waals surface area contributed by atoms with Gasteiger partial charge in [-0.25, -0.2) is 0 Å². The first-order chi connectivity index (χ1) is 6.52. The van der Waals surface area contributed by atoms with Gasteiger partial charge >= 0.3 is 5.97 Å². The Hall–Kier alpha value is -1.35. The SMILES string of the molecule is CC(C)c1ccc(C(N)C(=O)O)cc1. The van der Waals surface area contributed by atoms with Crippen LogP contribution in [0.3, 0.4) is 0 Å². The molecule has 1 atom stereocenters. The second-order valence-corrected chi connectivity index (χ2v) is 3.64. The molecule has 76 valence electrons. The molecular weight excluding hydrogens is 178 g/mol. The average molecular weight is 193 g/mol. The van der Waals surface area contributed by atoms with Crippen molar-refractivity contribution < 1.29 is 9.90 Å². The van der Waals surface area contributed by atoms with Gasteiger partial charge in [-0.15, -0.1) is 0 Å². The summed E-state index contributed by atoms with van der Waals surface area (Å²) in [6.45, 7) is 4.18. The van der Waals surface area contributed by atoms with Gasteiger partial charge in [0.2, 0.25) is 0 Å². The third kappa shape index (κ3) is 2.33. The van der Waals surface area contributed by atoms with Crippen molar-refractivity contribution in [2.24, 2.45) is 5.73 Å². The first kappa shape index (κ1) is 10.7. The molecule has 3 nitrogen and oxygen atoms in total. The van der Waals surface area contributed by atoms with Gasteiger partial charge in [-0.2, -0.15) is 0 Å². The summed E-state index contributed by atoms with van der Waals surface area (Å²) in [4.78, 5) is 10.6. The van der Waals surface area contributed by atoms with E-state index in [1.165, 1.54) is 5.56 Å². The lowest BCUT2D eigenvalue weighted by atomic mass is 9.99. The zero-order valence-electron chi connectivity index (χ0n) is 8.40. The van der Waals surface area contributed by atoms with Crippen LogP contribution >= 0.6 is 0 Å². The fourth-order valence-corrected chi connectivity index (χ4v) is 1.23. The van der Waals surface area contributed by atoms with Crippen LogP contribution in [-0.2, 0) is 4.79 Å². The van der Waals surface area contributed by atoms with Crippen LogP contribution in [0.25, 0.3) is 0 Å². The number of nitrogens with two attached hydrogens (primary N) is 1. The number of carboxylic acid groups (broad SMARTS) is 1.